The van der Waals surface area contributed by atoms with E-state index in [-0.39, 0.29) is 11.8 Å². The molecule has 1 fully saturated rings. The van der Waals surface area contributed by atoms with E-state index in [0.29, 0.717) is 24.5 Å². The third-order valence-corrected chi connectivity index (χ3v) is 4.09. The van der Waals surface area contributed by atoms with Crippen molar-refractivity contribution in [2.75, 3.05) is 26.2 Å². The number of aryl methyl sites for hydroxylation is 1. The summed E-state index contributed by atoms with van der Waals surface area (Å²) >= 11 is 5.85. The number of hydrogen-bond donors (Lipinski definition) is 0. The summed E-state index contributed by atoms with van der Waals surface area (Å²) in [5, 5.41) is 0.710. The zero-order chi connectivity index (χ0) is 15.2. The lowest BCUT2D eigenvalue weighted by molar-refractivity contribution is -0.132. The molecule has 1 aliphatic rings. The van der Waals surface area contributed by atoms with Crippen molar-refractivity contribution in [1.29, 1.82) is 0 Å². The number of rotatable bonds is 3. The fourth-order valence-electron chi connectivity index (χ4n) is 2.54. The average molecular weight is 309 g/mol. The lowest BCUT2D eigenvalue weighted by Gasteiger charge is -2.21. The van der Waals surface area contributed by atoms with E-state index in [1.165, 1.54) is 0 Å². The highest BCUT2D eigenvalue weighted by Crippen LogP contribution is 2.12. The van der Waals surface area contributed by atoms with Gasteiger partial charge in [0, 0.05) is 44.5 Å². The van der Waals surface area contributed by atoms with E-state index in [9.17, 15) is 9.59 Å². The van der Waals surface area contributed by atoms with Crippen molar-refractivity contribution >= 4 is 23.4 Å². The SMILES string of the molecule is CC(=O)N1CCCN(C(=O)CCc2ccc(Cl)cc2)CC1. The number of hydrogen-bond acceptors (Lipinski definition) is 2. The highest BCUT2D eigenvalue weighted by molar-refractivity contribution is 6.30. The Morgan fingerprint density at radius 2 is 1.67 bits per heavy atom. The number of carbonyl (C=O) groups excluding carboxylic acids is 2. The van der Waals surface area contributed by atoms with E-state index in [0.717, 1.165) is 31.5 Å². The highest BCUT2D eigenvalue weighted by atomic mass is 35.5. The normalized spacial score (nSPS) is 15.7. The van der Waals surface area contributed by atoms with Gasteiger partial charge in [-0.05, 0) is 30.5 Å². The van der Waals surface area contributed by atoms with E-state index >= 15 is 0 Å². The first-order valence-electron chi connectivity index (χ1n) is 7.34. The van der Waals surface area contributed by atoms with Crippen molar-refractivity contribution in [3.8, 4) is 0 Å². The van der Waals surface area contributed by atoms with Gasteiger partial charge in [0.2, 0.25) is 11.8 Å². The Morgan fingerprint density at radius 3 is 2.33 bits per heavy atom. The molecule has 5 heteroatoms. The van der Waals surface area contributed by atoms with Crippen LogP contribution in [0.1, 0.15) is 25.3 Å². The van der Waals surface area contributed by atoms with E-state index in [1.54, 1.807) is 6.92 Å². The molecule has 0 atom stereocenters. The summed E-state index contributed by atoms with van der Waals surface area (Å²) in [7, 11) is 0. The molecule has 0 spiro atoms. The van der Waals surface area contributed by atoms with Gasteiger partial charge in [-0.3, -0.25) is 9.59 Å². The number of benzene rings is 1. The first kappa shape index (κ1) is 15.8. The lowest BCUT2D eigenvalue weighted by Crippen LogP contribution is -2.36. The number of halogens is 1. The van der Waals surface area contributed by atoms with Crippen LogP contribution in [-0.2, 0) is 16.0 Å². The highest BCUT2D eigenvalue weighted by Gasteiger charge is 2.19. The van der Waals surface area contributed by atoms with Gasteiger partial charge in [0.1, 0.15) is 0 Å². The molecule has 114 valence electrons. The van der Waals surface area contributed by atoms with Gasteiger partial charge in [-0.1, -0.05) is 23.7 Å². The van der Waals surface area contributed by atoms with Crippen LogP contribution in [0.25, 0.3) is 0 Å². The maximum Gasteiger partial charge on any atom is 0.222 e. The van der Waals surface area contributed by atoms with E-state index in [4.69, 9.17) is 11.6 Å². The van der Waals surface area contributed by atoms with Crippen LogP contribution in [-0.4, -0.2) is 47.8 Å². The molecular formula is C16H21ClN2O2. The summed E-state index contributed by atoms with van der Waals surface area (Å²) < 4.78 is 0. The predicted molar refractivity (Wildman–Crippen MR) is 83.2 cm³/mol. The Kier molecular flexibility index (Phi) is 5.62. The van der Waals surface area contributed by atoms with Crippen LogP contribution in [0.5, 0.6) is 0 Å². The van der Waals surface area contributed by atoms with Gasteiger partial charge >= 0.3 is 0 Å². The Labute approximate surface area is 130 Å². The van der Waals surface area contributed by atoms with Crippen LogP contribution < -0.4 is 0 Å². The van der Waals surface area contributed by atoms with Crippen molar-refractivity contribution in [3.05, 3.63) is 34.9 Å². The fraction of sp³-hybridized carbons (Fsp3) is 0.500. The molecule has 21 heavy (non-hydrogen) atoms. The second-order valence-corrected chi connectivity index (χ2v) is 5.80. The van der Waals surface area contributed by atoms with Gasteiger partial charge in [-0.2, -0.15) is 0 Å². The van der Waals surface area contributed by atoms with Crippen molar-refractivity contribution in [2.24, 2.45) is 0 Å². The summed E-state index contributed by atoms with van der Waals surface area (Å²) in [5.74, 6) is 0.251. The Morgan fingerprint density at radius 1 is 1.05 bits per heavy atom. The van der Waals surface area contributed by atoms with Gasteiger partial charge in [0.25, 0.3) is 0 Å². The Hall–Kier alpha value is -1.55. The second kappa shape index (κ2) is 7.46. The monoisotopic (exact) mass is 308 g/mol. The van der Waals surface area contributed by atoms with Gasteiger partial charge in [-0.15, -0.1) is 0 Å². The molecule has 0 bridgehead atoms. The molecule has 1 aromatic carbocycles. The standard InChI is InChI=1S/C16H21ClN2O2/c1-13(20)18-9-2-10-19(12-11-18)16(21)8-5-14-3-6-15(17)7-4-14/h3-4,6-7H,2,5,8-12H2,1H3. The third kappa shape index (κ3) is 4.74. The first-order chi connectivity index (χ1) is 10.1. The van der Waals surface area contributed by atoms with Crippen LogP contribution >= 0.6 is 11.6 Å². The van der Waals surface area contributed by atoms with Gasteiger partial charge in [0.15, 0.2) is 0 Å². The van der Waals surface area contributed by atoms with Gasteiger partial charge in [0.05, 0.1) is 0 Å². The molecule has 2 amide bonds. The van der Waals surface area contributed by atoms with Crippen molar-refractivity contribution in [3.63, 3.8) is 0 Å². The molecule has 0 unspecified atom stereocenters. The molecular weight excluding hydrogens is 288 g/mol. The molecule has 0 aromatic heterocycles. The molecule has 2 rings (SSSR count). The lowest BCUT2D eigenvalue weighted by atomic mass is 10.1. The summed E-state index contributed by atoms with van der Waals surface area (Å²) in [6.45, 7) is 4.35. The molecule has 0 N–H and O–H groups in total. The zero-order valence-corrected chi connectivity index (χ0v) is 13.1. The van der Waals surface area contributed by atoms with Crippen LogP contribution in [0, 0.1) is 0 Å². The first-order valence-corrected chi connectivity index (χ1v) is 7.72. The minimum absolute atomic E-state index is 0.0884. The average Bonchev–Trinajstić information content (AvgIpc) is 2.72. The Balaban J connectivity index is 1.83. The van der Waals surface area contributed by atoms with Crippen molar-refractivity contribution in [2.45, 2.75) is 26.2 Å². The molecule has 4 nitrogen and oxygen atoms in total. The molecule has 1 aliphatic heterocycles. The molecule has 0 saturated carbocycles. The molecule has 1 heterocycles. The number of carbonyl (C=O) groups is 2. The summed E-state index contributed by atoms with van der Waals surface area (Å²) in [6.07, 6.45) is 2.08. The third-order valence-electron chi connectivity index (χ3n) is 3.83. The maximum absolute atomic E-state index is 12.3. The minimum atomic E-state index is 0.0884. The summed E-state index contributed by atoms with van der Waals surface area (Å²) in [4.78, 5) is 27.3. The summed E-state index contributed by atoms with van der Waals surface area (Å²) in [5.41, 5.74) is 1.12. The molecule has 0 radical (unpaired) electrons. The molecule has 0 aliphatic carbocycles. The van der Waals surface area contributed by atoms with Crippen LogP contribution in [0.3, 0.4) is 0 Å². The van der Waals surface area contributed by atoms with Crippen LogP contribution in [0.4, 0.5) is 0 Å². The van der Waals surface area contributed by atoms with Gasteiger partial charge < -0.3 is 9.80 Å². The smallest absolute Gasteiger partial charge is 0.222 e. The van der Waals surface area contributed by atoms with Gasteiger partial charge in [-0.25, -0.2) is 0 Å². The molecule has 1 saturated heterocycles. The van der Waals surface area contributed by atoms with Crippen molar-refractivity contribution < 1.29 is 9.59 Å². The van der Waals surface area contributed by atoms with Crippen LogP contribution in [0.2, 0.25) is 5.02 Å². The zero-order valence-electron chi connectivity index (χ0n) is 12.3. The quantitative estimate of drug-likeness (QED) is 0.860. The summed E-state index contributed by atoms with van der Waals surface area (Å²) in [6, 6.07) is 7.60. The topological polar surface area (TPSA) is 40.6 Å². The minimum Gasteiger partial charge on any atom is -0.341 e. The predicted octanol–water partition coefficient (Wildman–Crippen LogP) is 2.35. The van der Waals surface area contributed by atoms with E-state index in [1.807, 2.05) is 34.1 Å². The second-order valence-electron chi connectivity index (χ2n) is 5.37. The number of nitrogens with zero attached hydrogens (tertiary/aromatic N) is 2. The van der Waals surface area contributed by atoms with Crippen molar-refractivity contribution in [1.82, 2.24) is 9.80 Å². The van der Waals surface area contributed by atoms with Crippen LogP contribution in [0.15, 0.2) is 24.3 Å². The Bertz CT molecular complexity index is 502. The largest absolute Gasteiger partial charge is 0.341 e. The fourth-order valence-corrected chi connectivity index (χ4v) is 2.67. The molecule has 1 aromatic rings. The number of amides is 2. The van der Waals surface area contributed by atoms with E-state index < -0.39 is 0 Å². The maximum atomic E-state index is 12.3. The van der Waals surface area contributed by atoms with E-state index in [2.05, 4.69) is 0 Å².